The molecule has 1 aliphatic heterocycles. The van der Waals surface area contributed by atoms with Crippen LogP contribution in [0.4, 0.5) is 5.82 Å². The van der Waals surface area contributed by atoms with Gasteiger partial charge in [-0.2, -0.15) is 4.31 Å². The Morgan fingerprint density at radius 2 is 2.33 bits per heavy atom. The molecule has 0 aliphatic carbocycles. The summed E-state index contributed by atoms with van der Waals surface area (Å²) in [5.41, 5.74) is 2.34. The molecule has 1 aliphatic rings. The fraction of sp³-hybridized carbons (Fsp3) is 0.615. The molecule has 3 N–H and O–H groups in total. The molecule has 21 heavy (non-hydrogen) atoms. The summed E-state index contributed by atoms with van der Waals surface area (Å²) in [5, 5.41) is 0. The smallest absolute Gasteiger partial charge is 0.246 e. The van der Waals surface area contributed by atoms with E-state index in [1.54, 1.807) is 13.1 Å². The minimum atomic E-state index is -3.60. The van der Waals surface area contributed by atoms with Gasteiger partial charge in [0, 0.05) is 25.8 Å². The number of nitrogens with zero attached hydrogens (tertiary/aromatic N) is 3. The number of nitrogens with one attached hydrogen (secondary N) is 1. The van der Waals surface area contributed by atoms with E-state index in [2.05, 4.69) is 22.2 Å². The van der Waals surface area contributed by atoms with Crippen LogP contribution in [-0.4, -0.2) is 55.3 Å². The number of nitrogen functional groups attached to an aromatic ring is 1. The Bertz CT molecular complexity index is 578. The van der Waals surface area contributed by atoms with Gasteiger partial charge in [0.25, 0.3) is 0 Å². The van der Waals surface area contributed by atoms with Crippen LogP contribution in [0.3, 0.4) is 0 Å². The maximum absolute atomic E-state index is 12.7. The molecule has 0 spiro atoms. The number of hydrogen-bond acceptors (Lipinski definition) is 6. The summed E-state index contributed by atoms with van der Waals surface area (Å²) < 4.78 is 26.7. The van der Waals surface area contributed by atoms with E-state index in [0.29, 0.717) is 6.54 Å². The number of sulfonamides is 1. The van der Waals surface area contributed by atoms with Gasteiger partial charge in [0.05, 0.1) is 0 Å². The first-order chi connectivity index (χ1) is 10.0. The van der Waals surface area contributed by atoms with Gasteiger partial charge in [-0.15, -0.1) is 0 Å². The molecule has 0 saturated carbocycles. The molecular formula is C13H23N5O2S. The summed E-state index contributed by atoms with van der Waals surface area (Å²) in [4.78, 5) is 6.38. The molecule has 1 fully saturated rings. The van der Waals surface area contributed by atoms with Gasteiger partial charge in [-0.1, -0.05) is 6.92 Å². The predicted molar refractivity (Wildman–Crippen MR) is 82.1 cm³/mol. The maximum atomic E-state index is 12.7. The van der Waals surface area contributed by atoms with E-state index in [4.69, 9.17) is 5.84 Å². The van der Waals surface area contributed by atoms with Crippen molar-refractivity contribution in [3.63, 3.8) is 0 Å². The molecule has 1 unspecified atom stereocenters. The molecule has 1 aromatic heterocycles. The monoisotopic (exact) mass is 313 g/mol. The van der Waals surface area contributed by atoms with Crippen LogP contribution in [0.1, 0.15) is 19.8 Å². The van der Waals surface area contributed by atoms with Crippen LogP contribution in [-0.2, 0) is 10.0 Å². The number of rotatable bonds is 6. The molecule has 0 bridgehead atoms. The van der Waals surface area contributed by atoms with Crippen molar-refractivity contribution in [1.29, 1.82) is 0 Å². The molecule has 0 amide bonds. The second kappa shape index (κ2) is 6.69. The van der Waals surface area contributed by atoms with Crippen molar-refractivity contribution in [1.82, 2.24) is 14.2 Å². The zero-order valence-electron chi connectivity index (χ0n) is 12.5. The van der Waals surface area contributed by atoms with Crippen molar-refractivity contribution < 1.29 is 8.42 Å². The normalized spacial score (nSPS) is 20.1. The van der Waals surface area contributed by atoms with Crippen LogP contribution >= 0.6 is 0 Å². The van der Waals surface area contributed by atoms with Crippen LogP contribution in [0, 0.1) is 0 Å². The molecule has 1 aromatic rings. The summed E-state index contributed by atoms with van der Waals surface area (Å²) in [7, 11) is -1.99. The highest BCUT2D eigenvalue weighted by Crippen LogP contribution is 2.23. The third-order valence-corrected chi connectivity index (χ3v) is 5.82. The quantitative estimate of drug-likeness (QED) is 0.586. The lowest BCUT2D eigenvalue weighted by Gasteiger charge is -2.27. The van der Waals surface area contributed by atoms with Crippen molar-refractivity contribution >= 4 is 15.8 Å². The first kappa shape index (κ1) is 16.2. The third-order valence-electron chi connectivity index (χ3n) is 3.97. The Labute approximate surface area is 126 Å². The molecule has 118 valence electrons. The Balaban J connectivity index is 2.19. The van der Waals surface area contributed by atoms with Gasteiger partial charge in [-0.25, -0.2) is 19.2 Å². The van der Waals surface area contributed by atoms with Gasteiger partial charge in [0.1, 0.15) is 4.90 Å². The first-order valence-electron chi connectivity index (χ1n) is 7.12. The average Bonchev–Trinajstić information content (AvgIpc) is 2.94. The number of nitrogens with two attached hydrogens (primary N) is 1. The van der Waals surface area contributed by atoms with Gasteiger partial charge in [0.15, 0.2) is 5.82 Å². The standard InChI is InChI=1S/C13H23N5O2S/c1-3-18-9-5-6-11(18)10-17(2)21(19,20)12-7-4-8-15-13(12)16-14/h4,7-8,11H,3,5-6,9-10,14H2,1-2H3,(H,15,16). The van der Waals surface area contributed by atoms with Crippen molar-refractivity contribution in [2.75, 3.05) is 32.1 Å². The zero-order valence-corrected chi connectivity index (χ0v) is 13.3. The highest BCUT2D eigenvalue weighted by atomic mass is 32.2. The molecule has 2 heterocycles. The lowest BCUT2D eigenvalue weighted by molar-refractivity contribution is 0.237. The minimum Gasteiger partial charge on any atom is -0.307 e. The van der Waals surface area contributed by atoms with Gasteiger partial charge >= 0.3 is 0 Å². The Morgan fingerprint density at radius 1 is 1.57 bits per heavy atom. The largest absolute Gasteiger partial charge is 0.307 e. The van der Waals surface area contributed by atoms with Gasteiger partial charge in [-0.3, -0.25) is 4.90 Å². The minimum absolute atomic E-state index is 0.107. The number of anilines is 1. The summed E-state index contributed by atoms with van der Waals surface area (Å²) in [6.07, 6.45) is 3.65. The van der Waals surface area contributed by atoms with Crippen molar-refractivity contribution in [3.05, 3.63) is 18.3 Å². The second-order valence-corrected chi connectivity index (χ2v) is 7.22. The van der Waals surface area contributed by atoms with E-state index in [9.17, 15) is 8.42 Å². The van der Waals surface area contributed by atoms with Gasteiger partial charge in [-0.05, 0) is 38.1 Å². The fourth-order valence-corrected chi connectivity index (χ4v) is 4.10. The van der Waals surface area contributed by atoms with E-state index in [1.807, 2.05) is 0 Å². The summed E-state index contributed by atoms with van der Waals surface area (Å²) in [6, 6.07) is 3.39. The number of hydrogen-bond donors (Lipinski definition) is 2. The van der Waals surface area contributed by atoms with Crippen molar-refractivity contribution in [2.24, 2.45) is 5.84 Å². The number of aromatic nitrogens is 1. The number of hydrazine groups is 1. The number of likely N-dealkylation sites (tertiary alicyclic amines) is 1. The highest BCUT2D eigenvalue weighted by Gasteiger charge is 2.30. The molecule has 0 aromatic carbocycles. The van der Waals surface area contributed by atoms with Crippen LogP contribution in [0.5, 0.6) is 0 Å². The van der Waals surface area contributed by atoms with Gasteiger partial charge < -0.3 is 5.43 Å². The molecule has 1 atom stereocenters. The molecule has 1 saturated heterocycles. The van der Waals surface area contributed by atoms with E-state index in [1.165, 1.54) is 16.6 Å². The van der Waals surface area contributed by atoms with Crippen LogP contribution < -0.4 is 11.3 Å². The highest BCUT2D eigenvalue weighted by molar-refractivity contribution is 7.89. The van der Waals surface area contributed by atoms with E-state index in [0.717, 1.165) is 25.9 Å². The Morgan fingerprint density at radius 3 is 3.00 bits per heavy atom. The lowest BCUT2D eigenvalue weighted by atomic mass is 10.2. The molecular weight excluding hydrogens is 290 g/mol. The lowest BCUT2D eigenvalue weighted by Crippen LogP contribution is -2.41. The molecule has 7 nitrogen and oxygen atoms in total. The third kappa shape index (κ3) is 3.34. The van der Waals surface area contributed by atoms with E-state index < -0.39 is 10.0 Å². The van der Waals surface area contributed by atoms with E-state index >= 15 is 0 Å². The fourth-order valence-electron chi connectivity index (χ4n) is 2.79. The molecule has 0 radical (unpaired) electrons. The van der Waals surface area contributed by atoms with Crippen LogP contribution in [0.25, 0.3) is 0 Å². The zero-order chi connectivity index (χ0) is 15.5. The van der Waals surface area contributed by atoms with Crippen molar-refractivity contribution in [3.8, 4) is 0 Å². The topological polar surface area (TPSA) is 91.6 Å². The molecule has 2 rings (SSSR count). The first-order valence-corrected chi connectivity index (χ1v) is 8.56. The number of likely N-dealkylation sites (N-methyl/N-ethyl adjacent to an activating group) is 2. The average molecular weight is 313 g/mol. The molecule has 8 heteroatoms. The Kier molecular flexibility index (Phi) is 5.15. The predicted octanol–water partition coefficient (Wildman–Crippen LogP) is 0.472. The maximum Gasteiger partial charge on any atom is 0.246 e. The Hall–Kier alpha value is -1.22. The summed E-state index contributed by atoms with van der Waals surface area (Å²) >= 11 is 0. The van der Waals surface area contributed by atoms with Gasteiger partial charge in [0.2, 0.25) is 10.0 Å². The second-order valence-electron chi connectivity index (χ2n) is 5.20. The van der Waals surface area contributed by atoms with E-state index in [-0.39, 0.29) is 16.8 Å². The SMILES string of the molecule is CCN1CCCC1CN(C)S(=O)(=O)c1cccnc1NN. The number of pyridine rings is 1. The van der Waals surface area contributed by atoms with Crippen molar-refractivity contribution in [2.45, 2.75) is 30.7 Å². The van der Waals surface area contributed by atoms with Crippen LogP contribution in [0.15, 0.2) is 23.2 Å². The summed E-state index contributed by atoms with van der Waals surface area (Å²) in [6.45, 7) is 4.57. The van der Waals surface area contributed by atoms with Crippen LogP contribution in [0.2, 0.25) is 0 Å². The summed E-state index contributed by atoms with van der Waals surface area (Å²) in [5.74, 6) is 5.52.